The van der Waals surface area contributed by atoms with Crippen LogP contribution in [0.3, 0.4) is 0 Å². The number of fused-ring (bicyclic) bond motifs is 1. The summed E-state index contributed by atoms with van der Waals surface area (Å²) >= 11 is 0. The van der Waals surface area contributed by atoms with Gasteiger partial charge in [0.1, 0.15) is 5.82 Å². The molecule has 0 bridgehead atoms. The van der Waals surface area contributed by atoms with Crippen LogP contribution in [0.25, 0.3) is 22.7 Å². The molecule has 3 aromatic rings. The van der Waals surface area contributed by atoms with Crippen LogP contribution in [0.2, 0.25) is 0 Å². The second kappa shape index (κ2) is 6.47. The molecule has 0 radical (unpaired) electrons. The third-order valence-corrected chi connectivity index (χ3v) is 3.61. The maximum absolute atomic E-state index is 12.9. The molecule has 0 spiro atoms. The Morgan fingerprint density at radius 1 is 1.21 bits per heavy atom. The van der Waals surface area contributed by atoms with Gasteiger partial charge in [0.05, 0.1) is 16.6 Å². The maximum Gasteiger partial charge on any atom is 0.267 e. The highest BCUT2D eigenvalue weighted by Gasteiger charge is 2.10. The van der Waals surface area contributed by atoms with Crippen molar-refractivity contribution in [1.82, 2.24) is 15.0 Å². The van der Waals surface area contributed by atoms with Crippen molar-refractivity contribution in [3.05, 3.63) is 76.3 Å². The summed E-state index contributed by atoms with van der Waals surface area (Å²) in [5.41, 5.74) is 3.34. The van der Waals surface area contributed by atoms with Gasteiger partial charge in [0, 0.05) is 6.08 Å². The Labute approximate surface area is 137 Å². The molecule has 1 heterocycles. The van der Waals surface area contributed by atoms with Gasteiger partial charge in [-0.05, 0) is 42.8 Å². The van der Waals surface area contributed by atoms with Crippen molar-refractivity contribution in [2.75, 3.05) is 0 Å². The molecule has 0 atom stereocenters. The van der Waals surface area contributed by atoms with E-state index in [1.54, 1.807) is 29.7 Å². The Kier molecular flexibility index (Phi) is 4.22. The highest BCUT2D eigenvalue weighted by atomic mass is 16.5. The number of hydroxylamine groups is 1. The third kappa shape index (κ3) is 2.95. The van der Waals surface area contributed by atoms with E-state index in [1.807, 2.05) is 30.3 Å². The summed E-state index contributed by atoms with van der Waals surface area (Å²) in [7, 11) is 0. The molecular weight excluding hydrogens is 306 g/mol. The van der Waals surface area contributed by atoms with Crippen molar-refractivity contribution in [3.8, 4) is 5.69 Å². The first-order chi connectivity index (χ1) is 11.6. The lowest BCUT2D eigenvalue weighted by atomic mass is 10.1. The minimum atomic E-state index is -0.640. The van der Waals surface area contributed by atoms with E-state index in [0.717, 1.165) is 5.69 Å². The minimum absolute atomic E-state index is 0.175. The highest BCUT2D eigenvalue weighted by Crippen LogP contribution is 2.15. The second-order valence-electron chi connectivity index (χ2n) is 5.22. The van der Waals surface area contributed by atoms with Gasteiger partial charge >= 0.3 is 0 Å². The van der Waals surface area contributed by atoms with Crippen LogP contribution in [0, 0.1) is 6.92 Å². The molecule has 1 aromatic heterocycles. The number of benzene rings is 2. The predicted molar refractivity (Wildman–Crippen MR) is 91.0 cm³/mol. The van der Waals surface area contributed by atoms with Gasteiger partial charge in [-0.15, -0.1) is 0 Å². The summed E-state index contributed by atoms with van der Waals surface area (Å²) in [6.07, 6.45) is 2.69. The zero-order valence-corrected chi connectivity index (χ0v) is 12.9. The molecular formula is C18H15N3O3. The van der Waals surface area contributed by atoms with Crippen LogP contribution < -0.4 is 11.0 Å². The minimum Gasteiger partial charge on any atom is -0.288 e. The number of hydrogen-bond acceptors (Lipinski definition) is 4. The number of carbonyl (C=O) groups is 1. The van der Waals surface area contributed by atoms with Gasteiger partial charge in [-0.1, -0.05) is 24.3 Å². The summed E-state index contributed by atoms with van der Waals surface area (Å²) in [6, 6.07) is 14.4. The van der Waals surface area contributed by atoms with E-state index in [0.29, 0.717) is 22.3 Å². The molecule has 6 nitrogen and oxygen atoms in total. The van der Waals surface area contributed by atoms with Gasteiger partial charge in [0.2, 0.25) is 0 Å². The van der Waals surface area contributed by atoms with Crippen molar-refractivity contribution in [2.45, 2.75) is 6.92 Å². The standard InChI is InChI=1S/C18H15N3O3/c1-12-19-16-9-7-13(8-10-17(22)20-24)11-15(16)18(23)21(12)14-5-3-2-4-6-14/h2-11,24H,1H3,(H,20,22)/b10-8+. The average molecular weight is 321 g/mol. The SMILES string of the molecule is Cc1nc2ccc(/C=C/C(=O)NO)cc2c(=O)n1-c1ccccc1. The Balaban J connectivity index is 2.17. The fraction of sp³-hybridized carbons (Fsp3) is 0.0556. The van der Waals surface area contributed by atoms with E-state index in [9.17, 15) is 9.59 Å². The second-order valence-corrected chi connectivity index (χ2v) is 5.22. The number of aromatic nitrogens is 2. The van der Waals surface area contributed by atoms with Crippen LogP contribution in [0.4, 0.5) is 0 Å². The number of aryl methyl sites for hydroxylation is 1. The maximum atomic E-state index is 12.9. The average Bonchev–Trinajstić information content (AvgIpc) is 2.61. The molecule has 0 aliphatic carbocycles. The van der Waals surface area contributed by atoms with Gasteiger partial charge in [0.25, 0.3) is 11.5 Å². The van der Waals surface area contributed by atoms with E-state index in [-0.39, 0.29) is 5.56 Å². The first-order valence-electron chi connectivity index (χ1n) is 7.31. The number of carbonyl (C=O) groups excluding carboxylic acids is 1. The molecule has 0 saturated heterocycles. The molecule has 0 aliphatic heterocycles. The van der Waals surface area contributed by atoms with Crippen LogP contribution in [0.15, 0.2) is 59.4 Å². The molecule has 0 fully saturated rings. The van der Waals surface area contributed by atoms with E-state index in [2.05, 4.69) is 4.98 Å². The molecule has 2 N–H and O–H groups in total. The molecule has 0 aliphatic rings. The smallest absolute Gasteiger partial charge is 0.267 e. The van der Waals surface area contributed by atoms with Crippen LogP contribution in [-0.2, 0) is 4.79 Å². The van der Waals surface area contributed by atoms with Gasteiger partial charge in [0.15, 0.2) is 0 Å². The number of para-hydroxylation sites is 1. The molecule has 0 unspecified atom stereocenters. The lowest BCUT2D eigenvalue weighted by Crippen LogP contribution is -2.22. The normalized spacial score (nSPS) is 11.1. The molecule has 1 amide bonds. The van der Waals surface area contributed by atoms with Crippen molar-refractivity contribution >= 4 is 22.9 Å². The highest BCUT2D eigenvalue weighted by molar-refractivity contribution is 5.91. The van der Waals surface area contributed by atoms with Crippen molar-refractivity contribution < 1.29 is 10.0 Å². The van der Waals surface area contributed by atoms with Gasteiger partial charge in [-0.25, -0.2) is 10.5 Å². The summed E-state index contributed by atoms with van der Waals surface area (Å²) < 4.78 is 1.55. The molecule has 0 saturated carbocycles. The molecule has 3 rings (SSSR count). The lowest BCUT2D eigenvalue weighted by molar-refractivity contribution is -0.124. The Bertz CT molecular complexity index is 992. The van der Waals surface area contributed by atoms with Gasteiger partial charge in [-0.2, -0.15) is 0 Å². The van der Waals surface area contributed by atoms with Crippen molar-refractivity contribution in [2.24, 2.45) is 0 Å². The van der Waals surface area contributed by atoms with E-state index in [4.69, 9.17) is 5.21 Å². The van der Waals surface area contributed by atoms with Gasteiger partial charge < -0.3 is 0 Å². The lowest BCUT2D eigenvalue weighted by Gasteiger charge is -2.11. The number of hydrogen-bond donors (Lipinski definition) is 2. The number of rotatable bonds is 3. The number of amides is 1. The van der Waals surface area contributed by atoms with Crippen LogP contribution in [0.1, 0.15) is 11.4 Å². The summed E-state index contributed by atoms with van der Waals surface area (Å²) in [5, 5.41) is 8.96. The van der Waals surface area contributed by atoms with Gasteiger partial charge in [-0.3, -0.25) is 19.4 Å². The summed E-state index contributed by atoms with van der Waals surface area (Å²) in [5.74, 6) is -0.0412. The zero-order chi connectivity index (χ0) is 17.1. The third-order valence-electron chi connectivity index (χ3n) is 3.61. The molecule has 24 heavy (non-hydrogen) atoms. The summed E-state index contributed by atoms with van der Waals surface area (Å²) in [6.45, 7) is 1.78. The van der Waals surface area contributed by atoms with Crippen LogP contribution in [-0.4, -0.2) is 20.7 Å². The molecule has 120 valence electrons. The Morgan fingerprint density at radius 2 is 1.96 bits per heavy atom. The number of nitrogens with zero attached hydrogens (tertiary/aromatic N) is 2. The quantitative estimate of drug-likeness (QED) is 0.440. The number of nitrogens with one attached hydrogen (secondary N) is 1. The van der Waals surface area contributed by atoms with Crippen molar-refractivity contribution in [1.29, 1.82) is 0 Å². The van der Waals surface area contributed by atoms with E-state index < -0.39 is 5.91 Å². The molecule has 2 aromatic carbocycles. The Morgan fingerprint density at radius 3 is 2.67 bits per heavy atom. The Hall–Kier alpha value is -3.25. The largest absolute Gasteiger partial charge is 0.288 e. The summed E-state index contributed by atoms with van der Waals surface area (Å²) in [4.78, 5) is 28.4. The monoisotopic (exact) mass is 321 g/mol. The van der Waals surface area contributed by atoms with Crippen LogP contribution in [0.5, 0.6) is 0 Å². The first-order valence-corrected chi connectivity index (χ1v) is 7.31. The fourth-order valence-corrected chi connectivity index (χ4v) is 2.51. The molecule has 6 heteroatoms. The topological polar surface area (TPSA) is 84.2 Å². The van der Waals surface area contributed by atoms with Crippen molar-refractivity contribution in [3.63, 3.8) is 0 Å². The predicted octanol–water partition coefficient (Wildman–Crippen LogP) is 2.21. The van der Waals surface area contributed by atoms with E-state index >= 15 is 0 Å². The van der Waals surface area contributed by atoms with E-state index in [1.165, 1.54) is 17.6 Å². The fourth-order valence-electron chi connectivity index (χ4n) is 2.51. The zero-order valence-electron chi connectivity index (χ0n) is 12.9. The van der Waals surface area contributed by atoms with Crippen LogP contribution >= 0.6 is 0 Å². The first kappa shape index (κ1) is 15.6.